The molecule has 0 spiro atoms. The smallest absolute Gasteiger partial charge is 0.246 e. The predicted octanol–water partition coefficient (Wildman–Crippen LogP) is 4.49. The Kier molecular flexibility index (Phi) is 5.84. The van der Waals surface area contributed by atoms with E-state index in [0.717, 1.165) is 41.2 Å². The van der Waals surface area contributed by atoms with Crippen molar-refractivity contribution in [1.82, 2.24) is 14.3 Å². The highest BCUT2D eigenvalue weighted by molar-refractivity contribution is 5.93. The second-order valence-corrected chi connectivity index (χ2v) is 8.29. The van der Waals surface area contributed by atoms with Crippen molar-refractivity contribution in [3.63, 3.8) is 0 Å². The first kappa shape index (κ1) is 21.2. The largest absolute Gasteiger partial charge is 0.498 e. The number of allylic oxidation sites excluding steroid dienone is 1. The molecule has 6 heteroatoms. The molecule has 168 valence electrons. The van der Waals surface area contributed by atoms with Crippen LogP contribution in [0.5, 0.6) is 0 Å². The number of ether oxygens (including phenoxy) is 2. The van der Waals surface area contributed by atoms with Gasteiger partial charge >= 0.3 is 0 Å². The maximum Gasteiger partial charge on any atom is 0.246 e. The van der Waals surface area contributed by atoms with Crippen LogP contribution >= 0.6 is 0 Å². The number of amides is 1. The van der Waals surface area contributed by atoms with Crippen LogP contribution in [0.25, 0.3) is 23.0 Å². The molecule has 1 aromatic carbocycles. The highest BCUT2D eigenvalue weighted by Crippen LogP contribution is 2.32. The van der Waals surface area contributed by atoms with Crippen LogP contribution < -0.4 is 0 Å². The minimum absolute atomic E-state index is 0.00178. The summed E-state index contributed by atoms with van der Waals surface area (Å²) in [6, 6.07) is 16.0. The van der Waals surface area contributed by atoms with Crippen molar-refractivity contribution in [2.45, 2.75) is 18.9 Å². The van der Waals surface area contributed by atoms with Crippen molar-refractivity contribution in [3.8, 4) is 11.3 Å². The van der Waals surface area contributed by atoms with Crippen molar-refractivity contribution in [3.05, 3.63) is 89.5 Å². The van der Waals surface area contributed by atoms with Gasteiger partial charge in [-0.2, -0.15) is 0 Å². The van der Waals surface area contributed by atoms with Crippen LogP contribution in [0.2, 0.25) is 0 Å². The van der Waals surface area contributed by atoms with Crippen molar-refractivity contribution in [1.29, 1.82) is 0 Å². The molecule has 1 aliphatic heterocycles. The van der Waals surface area contributed by atoms with E-state index in [1.54, 1.807) is 20.3 Å². The summed E-state index contributed by atoms with van der Waals surface area (Å²) in [7, 11) is 3.37. The van der Waals surface area contributed by atoms with Gasteiger partial charge in [0.05, 0.1) is 18.5 Å². The monoisotopic (exact) mass is 441 g/mol. The number of nitrogens with zero attached hydrogens (tertiary/aromatic N) is 3. The third-order valence-electron chi connectivity index (χ3n) is 6.38. The normalized spacial score (nSPS) is 18.5. The molecule has 0 radical (unpaired) electrons. The van der Waals surface area contributed by atoms with E-state index in [1.807, 2.05) is 70.1 Å². The van der Waals surface area contributed by atoms with Crippen LogP contribution in [-0.4, -0.2) is 53.6 Å². The zero-order chi connectivity index (χ0) is 22.8. The van der Waals surface area contributed by atoms with E-state index in [2.05, 4.69) is 6.08 Å². The van der Waals surface area contributed by atoms with E-state index < -0.39 is 0 Å². The number of benzene rings is 1. The number of rotatable bonds is 5. The molecular weight excluding hydrogens is 414 g/mol. The molecule has 1 atom stereocenters. The zero-order valence-electron chi connectivity index (χ0n) is 18.9. The molecule has 2 aliphatic rings. The summed E-state index contributed by atoms with van der Waals surface area (Å²) in [5, 5.41) is 0. The molecule has 3 heterocycles. The Morgan fingerprint density at radius 1 is 1.12 bits per heavy atom. The van der Waals surface area contributed by atoms with E-state index in [-0.39, 0.29) is 12.0 Å². The Hall–Kier alpha value is -3.64. The van der Waals surface area contributed by atoms with E-state index in [9.17, 15) is 4.79 Å². The third kappa shape index (κ3) is 4.10. The lowest BCUT2D eigenvalue weighted by molar-refractivity contribution is -0.125. The third-order valence-corrected chi connectivity index (χ3v) is 6.38. The number of carbonyl (C=O) groups is 1. The summed E-state index contributed by atoms with van der Waals surface area (Å²) in [4.78, 5) is 19.8. The molecule has 0 saturated heterocycles. The predicted molar refractivity (Wildman–Crippen MR) is 128 cm³/mol. The molecule has 0 fully saturated rings. The van der Waals surface area contributed by atoms with Crippen LogP contribution in [0.3, 0.4) is 0 Å². The van der Waals surface area contributed by atoms with Crippen LogP contribution in [-0.2, 0) is 14.3 Å². The second kappa shape index (κ2) is 9.08. The topological polar surface area (TPSA) is 56.1 Å². The Labute approximate surface area is 193 Å². The first-order valence-corrected chi connectivity index (χ1v) is 11.2. The van der Waals surface area contributed by atoms with Gasteiger partial charge in [-0.05, 0) is 41.9 Å². The molecule has 0 bridgehead atoms. The highest BCUT2D eigenvalue weighted by Gasteiger charge is 2.29. The van der Waals surface area contributed by atoms with Gasteiger partial charge in [-0.1, -0.05) is 36.4 Å². The fourth-order valence-electron chi connectivity index (χ4n) is 4.62. The van der Waals surface area contributed by atoms with Gasteiger partial charge in [-0.15, -0.1) is 0 Å². The summed E-state index contributed by atoms with van der Waals surface area (Å²) in [5.74, 6) is 0.860. The van der Waals surface area contributed by atoms with Gasteiger partial charge in [0.25, 0.3) is 0 Å². The maximum atomic E-state index is 13.1. The summed E-state index contributed by atoms with van der Waals surface area (Å²) in [6.07, 6.45) is 9.09. The first-order valence-electron chi connectivity index (χ1n) is 11.2. The lowest BCUT2D eigenvalue weighted by atomic mass is 9.89. The Morgan fingerprint density at radius 2 is 1.94 bits per heavy atom. The Balaban J connectivity index is 1.40. The standard InChI is InChI=1S/C27H27N3O3/c1-32-23-16-20-13-15-29(18-21(20)17-24(23)33-2)26(31)12-11-22-27(19-8-4-3-5-9-19)28-25-10-6-7-14-30(22)25/h3-12,14,16,24H,13,15,17-18H2,1-2H3/b12-11+. The molecule has 3 aromatic rings. The highest BCUT2D eigenvalue weighted by atomic mass is 16.5. The molecule has 33 heavy (non-hydrogen) atoms. The SMILES string of the molecule is COC1=CC2=C(CC1OC)CN(C(=O)/C=C/c1c(-c3ccccc3)nc3ccccn13)CC2. The molecule has 5 rings (SSSR count). The van der Waals surface area contributed by atoms with Crippen molar-refractivity contribution in [2.24, 2.45) is 0 Å². The number of hydrogen-bond acceptors (Lipinski definition) is 4. The number of imidazole rings is 1. The maximum absolute atomic E-state index is 13.1. The lowest BCUT2D eigenvalue weighted by Gasteiger charge is -2.34. The average molecular weight is 442 g/mol. The van der Waals surface area contributed by atoms with Gasteiger partial charge in [0.2, 0.25) is 5.91 Å². The van der Waals surface area contributed by atoms with Gasteiger partial charge in [-0.3, -0.25) is 9.20 Å². The number of pyridine rings is 1. The number of aromatic nitrogens is 2. The van der Waals surface area contributed by atoms with Crippen molar-refractivity contribution in [2.75, 3.05) is 27.3 Å². The summed E-state index contributed by atoms with van der Waals surface area (Å²) in [6.45, 7) is 1.30. The van der Waals surface area contributed by atoms with Crippen molar-refractivity contribution < 1.29 is 14.3 Å². The van der Waals surface area contributed by atoms with E-state index >= 15 is 0 Å². The lowest BCUT2D eigenvalue weighted by Crippen LogP contribution is -2.38. The van der Waals surface area contributed by atoms with Crippen LogP contribution in [0, 0.1) is 0 Å². The Morgan fingerprint density at radius 3 is 2.73 bits per heavy atom. The van der Waals surface area contributed by atoms with Gasteiger partial charge in [-0.25, -0.2) is 4.98 Å². The molecular formula is C27H27N3O3. The van der Waals surface area contributed by atoms with Gasteiger partial charge in [0.1, 0.15) is 17.5 Å². The molecule has 0 saturated carbocycles. The van der Waals surface area contributed by atoms with Gasteiger partial charge in [0.15, 0.2) is 0 Å². The minimum atomic E-state index is -0.0917. The summed E-state index contributed by atoms with van der Waals surface area (Å²) in [5.41, 5.74) is 6.14. The molecule has 0 N–H and O–H groups in total. The molecule has 1 unspecified atom stereocenters. The first-order chi connectivity index (χ1) is 16.2. The number of fused-ring (bicyclic) bond motifs is 1. The van der Waals surface area contributed by atoms with Gasteiger partial charge < -0.3 is 14.4 Å². The molecule has 6 nitrogen and oxygen atoms in total. The van der Waals surface area contributed by atoms with E-state index in [4.69, 9.17) is 14.5 Å². The van der Waals surface area contributed by atoms with Crippen LogP contribution in [0.15, 0.2) is 83.8 Å². The molecule has 1 amide bonds. The number of carbonyl (C=O) groups excluding carboxylic acids is 1. The summed E-state index contributed by atoms with van der Waals surface area (Å²) >= 11 is 0. The second-order valence-electron chi connectivity index (χ2n) is 8.29. The number of methoxy groups -OCH3 is 2. The van der Waals surface area contributed by atoms with E-state index in [1.165, 1.54) is 11.1 Å². The molecule has 2 aromatic heterocycles. The quantitative estimate of drug-likeness (QED) is 0.548. The fraction of sp³-hybridized carbons (Fsp3) is 0.259. The Bertz CT molecular complexity index is 1270. The van der Waals surface area contributed by atoms with Crippen molar-refractivity contribution >= 4 is 17.6 Å². The van der Waals surface area contributed by atoms with E-state index in [0.29, 0.717) is 13.1 Å². The summed E-state index contributed by atoms with van der Waals surface area (Å²) < 4.78 is 13.1. The minimum Gasteiger partial charge on any atom is -0.498 e. The number of hydrogen-bond donors (Lipinski definition) is 0. The zero-order valence-corrected chi connectivity index (χ0v) is 18.9. The van der Waals surface area contributed by atoms with Crippen LogP contribution in [0.1, 0.15) is 18.5 Å². The fourth-order valence-corrected chi connectivity index (χ4v) is 4.62. The molecule has 1 aliphatic carbocycles. The van der Waals surface area contributed by atoms with Gasteiger partial charge in [0, 0.05) is 44.5 Å². The average Bonchev–Trinajstić information content (AvgIpc) is 3.25. The van der Waals surface area contributed by atoms with Crippen LogP contribution in [0.4, 0.5) is 0 Å².